The molecule has 1 saturated heterocycles. The van der Waals surface area contributed by atoms with Gasteiger partial charge >= 0.3 is 0 Å². The summed E-state index contributed by atoms with van der Waals surface area (Å²) in [7, 11) is 0. The van der Waals surface area contributed by atoms with E-state index in [2.05, 4.69) is 36.7 Å². The third-order valence-electron chi connectivity index (χ3n) is 4.08. The van der Waals surface area contributed by atoms with Crippen molar-refractivity contribution in [3.05, 3.63) is 22.4 Å². The van der Waals surface area contributed by atoms with Gasteiger partial charge in [0.2, 0.25) is 5.91 Å². The molecule has 0 radical (unpaired) electrons. The van der Waals surface area contributed by atoms with Gasteiger partial charge in [0.1, 0.15) is 0 Å². The van der Waals surface area contributed by atoms with Crippen molar-refractivity contribution < 1.29 is 4.79 Å². The van der Waals surface area contributed by atoms with Crippen LogP contribution in [-0.4, -0.2) is 29.9 Å². The standard InChI is InChI=1S/C16H26N2OS/c1-13(2)18(12-15-4-3-11-20-15)16(19)6-5-14-7-9-17-10-8-14/h3-4,11,13-14,17H,5-10,12H2,1-2H3. The zero-order chi connectivity index (χ0) is 14.4. The first-order chi connectivity index (χ1) is 9.66. The van der Waals surface area contributed by atoms with Gasteiger partial charge in [-0.1, -0.05) is 6.07 Å². The molecule has 112 valence electrons. The smallest absolute Gasteiger partial charge is 0.223 e. The molecule has 20 heavy (non-hydrogen) atoms. The predicted molar refractivity (Wildman–Crippen MR) is 84.8 cm³/mol. The Morgan fingerprint density at radius 2 is 2.20 bits per heavy atom. The lowest BCUT2D eigenvalue weighted by atomic mass is 9.93. The topological polar surface area (TPSA) is 32.3 Å². The normalized spacial score (nSPS) is 16.6. The summed E-state index contributed by atoms with van der Waals surface area (Å²) in [6.45, 7) is 7.20. The molecule has 3 nitrogen and oxygen atoms in total. The minimum Gasteiger partial charge on any atom is -0.335 e. The molecule has 0 aliphatic carbocycles. The molecule has 0 atom stereocenters. The molecule has 0 unspecified atom stereocenters. The fourth-order valence-electron chi connectivity index (χ4n) is 2.77. The van der Waals surface area contributed by atoms with Crippen molar-refractivity contribution in [3.8, 4) is 0 Å². The molecule has 0 aromatic carbocycles. The summed E-state index contributed by atoms with van der Waals surface area (Å²) in [4.78, 5) is 15.8. The molecule has 2 rings (SSSR count). The molecule has 0 bridgehead atoms. The molecule has 2 heterocycles. The number of carbonyl (C=O) groups excluding carboxylic acids is 1. The third kappa shape index (κ3) is 4.60. The average Bonchev–Trinajstić information content (AvgIpc) is 2.96. The highest BCUT2D eigenvalue weighted by atomic mass is 32.1. The van der Waals surface area contributed by atoms with E-state index in [4.69, 9.17) is 0 Å². The SMILES string of the molecule is CC(C)N(Cc1cccs1)C(=O)CCC1CCNCC1. The molecule has 1 amide bonds. The first kappa shape index (κ1) is 15.5. The van der Waals surface area contributed by atoms with Crippen LogP contribution in [0.25, 0.3) is 0 Å². The van der Waals surface area contributed by atoms with Crippen molar-refractivity contribution in [2.75, 3.05) is 13.1 Å². The lowest BCUT2D eigenvalue weighted by Gasteiger charge is -2.28. The molecule has 1 fully saturated rings. The van der Waals surface area contributed by atoms with Crippen molar-refractivity contribution in [1.29, 1.82) is 0 Å². The highest BCUT2D eigenvalue weighted by Crippen LogP contribution is 2.20. The van der Waals surface area contributed by atoms with Gasteiger partial charge in [-0.2, -0.15) is 0 Å². The van der Waals surface area contributed by atoms with Crippen LogP contribution in [0, 0.1) is 5.92 Å². The van der Waals surface area contributed by atoms with E-state index >= 15 is 0 Å². The van der Waals surface area contributed by atoms with Gasteiger partial charge in [0.15, 0.2) is 0 Å². The van der Waals surface area contributed by atoms with Crippen molar-refractivity contribution in [2.24, 2.45) is 5.92 Å². The van der Waals surface area contributed by atoms with Gasteiger partial charge in [0.25, 0.3) is 0 Å². The third-order valence-corrected chi connectivity index (χ3v) is 4.94. The maximum Gasteiger partial charge on any atom is 0.223 e. The lowest BCUT2D eigenvalue weighted by Crippen LogP contribution is -2.36. The van der Waals surface area contributed by atoms with Gasteiger partial charge in [-0.05, 0) is 63.6 Å². The van der Waals surface area contributed by atoms with E-state index in [0.29, 0.717) is 12.3 Å². The van der Waals surface area contributed by atoms with E-state index in [-0.39, 0.29) is 6.04 Å². The molecule has 1 aliphatic rings. The lowest BCUT2D eigenvalue weighted by molar-refractivity contribution is -0.133. The van der Waals surface area contributed by atoms with E-state index in [1.165, 1.54) is 17.7 Å². The van der Waals surface area contributed by atoms with Crippen molar-refractivity contribution in [3.63, 3.8) is 0 Å². The number of piperidine rings is 1. The van der Waals surface area contributed by atoms with Gasteiger partial charge in [0, 0.05) is 17.3 Å². The minimum absolute atomic E-state index is 0.276. The summed E-state index contributed by atoms with van der Waals surface area (Å²) in [5.74, 6) is 1.04. The average molecular weight is 294 g/mol. The zero-order valence-corrected chi connectivity index (χ0v) is 13.4. The van der Waals surface area contributed by atoms with Crippen molar-refractivity contribution in [2.45, 2.75) is 52.1 Å². The molecule has 0 spiro atoms. The van der Waals surface area contributed by atoms with Crippen LogP contribution in [0.3, 0.4) is 0 Å². The number of hydrogen-bond acceptors (Lipinski definition) is 3. The predicted octanol–water partition coefficient (Wildman–Crippen LogP) is 3.26. The summed E-state index contributed by atoms with van der Waals surface area (Å²) >= 11 is 1.73. The number of nitrogens with zero attached hydrogens (tertiary/aromatic N) is 1. The fourth-order valence-corrected chi connectivity index (χ4v) is 3.47. The second-order valence-electron chi connectivity index (χ2n) is 5.93. The van der Waals surface area contributed by atoms with Crippen LogP contribution in [0.4, 0.5) is 0 Å². The number of amides is 1. The van der Waals surface area contributed by atoms with Gasteiger partial charge in [0.05, 0.1) is 6.54 Å². The number of nitrogens with one attached hydrogen (secondary N) is 1. The summed E-state index contributed by atoms with van der Waals surface area (Å²) in [6.07, 6.45) is 4.20. The Kier molecular flexibility index (Phi) is 6.05. The van der Waals surface area contributed by atoms with E-state index in [1.807, 2.05) is 4.90 Å². The van der Waals surface area contributed by atoms with E-state index < -0.39 is 0 Å². The Morgan fingerprint density at radius 3 is 2.80 bits per heavy atom. The summed E-state index contributed by atoms with van der Waals surface area (Å²) in [6, 6.07) is 4.44. The van der Waals surface area contributed by atoms with Gasteiger partial charge in [-0.25, -0.2) is 0 Å². The molecule has 1 aromatic rings. The number of rotatable bonds is 6. The number of hydrogen-bond donors (Lipinski definition) is 1. The molecule has 0 saturated carbocycles. The van der Waals surface area contributed by atoms with Crippen LogP contribution in [-0.2, 0) is 11.3 Å². The largest absolute Gasteiger partial charge is 0.335 e. The summed E-state index contributed by atoms with van der Waals surface area (Å²) in [5, 5.41) is 5.46. The minimum atomic E-state index is 0.276. The number of thiophene rings is 1. The van der Waals surface area contributed by atoms with E-state index in [9.17, 15) is 4.79 Å². The van der Waals surface area contributed by atoms with Gasteiger partial charge in [-0.3, -0.25) is 4.79 Å². The fraction of sp³-hybridized carbons (Fsp3) is 0.688. The van der Waals surface area contributed by atoms with E-state index in [0.717, 1.165) is 32.0 Å². The first-order valence-corrected chi connectivity index (χ1v) is 8.57. The number of carbonyl (C=O) groups is 1. The Balaban J connectivity index is 1.83. The highest BCUT2D eigenvalue weighted by molar-refractivity contribution is 7.09. The van der Waals surface area contributed by atoms with Crippen LogP contribution in [0.2, 0.25) is 0 Å². The van der Waals surface area contributed by atoms with Crippen LogP contribution in [0.5, 0.6) is 0 Å². The second kappa shape index (κ2) is 7.79. The zero-order valence-electron chi connectivity index (χ0n) is 12.6. The highest BCUT2D eigenvalue weighted by Gasteiger charge is 2.20. The Morgan fingerprint density at radius 1 is 1.45 bits per heavy atom. The maximum atomic E-state index is 12.5. The maximum absolute atomic E-state index is 12.5. The van der Waals surface area contributed by atoms with Gasteiger partial charge in [-0.15, -0.1) is 11.3 Å². The van der Waals surface area contributed by atoms with Crippen LogP contribution >= 0.6 is 11.3 Å². The molecule has 1 aliphatic heterocycles. The quantitative estimate of drug-likeness (QED) is 0.873. The van der Waals surface area contributed by atoms with Crippen molar-refractivity contribution >= 4 is 17.2 Å². The van der Waals surface area contributed by atoms with Crippen LogP contribution in [0.1, 0.15) is 44.4 Å². The van der Waals surface area contributed by atoms with Crippen LogP contribution in [0.15, 0.2) is 17.5 Å². The second-order valence-corrected chi connectivity index (χ2v) is 6.96. The molecule has 4 heteroatoms. The Labute approximate surface area is 126 Å². The Hall–Kier alpha value is -0.870. The van der Waals surface area contributed by atoms with Crippen LogP contribution < -0.4 is 5.32 Å². The molecule has 1 aromatic heterocycles. The summed E-state index contributed by atoms with van der Waals surface area (Å²) in [5.41, 5.74) is 0. The van der Waals surface area contributed by atoms with E-state index in [1.54, 1.807) is 11.3 Å². The molecular formula is C16H26N2OS. The van der Waals surface area contributed by atoms with Gasteiger partial charge < -0.3 is 10.2 Å². The Bertz CT molecular complexity index is 397. The molecule has 1 N–H and O–H groups in total. The molecular weight excluding hydrogens is 268 g/mol. The van der Waals surface area contributed by atoms with Crippen molar-refractivity contribution in [1.82, 2.24) is 10.2 Å². The monoisotopic (exact) mass is 294 g/mol. The summed E-state index contributed by atoms with van der Waals surface area (Å²) < 4.78 is 0. The first-order valence-electron chi connectivity index (χ1n) is 7.69.